The second kappa shape index (κ2) is 12.0. The molecule has 1 aromatic heterocycles. The molecule has 4 nitrogen and oxygen atoms in total. The number of methoxy groups -OCH3 is 1. The first-order valence-electron chi connectivity index (χ1n) is 10.7. The van der Waals surface area contributed by atoms with E-state index < -0.39 is 5.63 Å². The van der Waals surface area contributed by atoms with E-state index in [-0.39, 0.29) is 11.5 Å². The quantitative estimate of drug-likeness (QED) is 0.447. The van der Waals surface area contributed by atoms with Crippen LogP contribution in [-0.2, 0) is 12.8 Å². The molecule has 0 saturated carbocycles. The van der Waals surface area contributed by atoms with E-state index >= 15 is 0 Å². The molecule has 0 spiro atoms. The van der Waals surface area contributed by atoms with Gasteiger partial charge in [-0.25, -0.2) is 4.79 Å². The number of benzene rings is 1. The number of aromatic hydroxyl groups is 1. The summed E-state index contributed by atoms with van der Waals surface area (Å²) in [5, 5.41) is 10.1. The van der Waals surface area contributed by atoms with E-state index in [0.29, 0.717) is 17.7 Å². The second-order valence-electron chi connectivity index (χ2n) is 8.08. The van der Waals surface area contributed by atoms with E-state index in [9.17, 15) is 9.90 Å². The molecule has 1 aromatic carbocycles. The van der Waals surface area contributed by atoms with Crippen molar-refractivity contribution in [3.63, 3.8) is 0 Å². The zero-order valence-corrected chi connectivity index (χ0v) is 19.3. The lowest BCUT2D eigenvalue weighted by Gasteiger charge is -2.08. The van der Waals surface area contributed by atoms with E-state index in [0.717, 1.165) is 25.7 Å². The molecule has 1 heterocycles. The second-order valence-corrected chi connectivity index (χ2v) is 8.08. The van der Waals surface area contributed by atoms with Crippen LogP contribution in [0.2, 0.25) is 0 Å². The van der Waals surface area contributed by atoms with E-state index in [4.69, 9.17) is 9.15 Å². The molecule has 0 fully saturated rings. The molecular formula is C27H34O4. The molecule has 0 aliphatic carbocycles. The topological polar surface area (TPSA) is 59.7 Å². The fourth-order valence-corrected chi connectivity index (χ4v) is 3.41. The summed E-state index contributed by atoms with van der Waals surface area (Å²) in [4.78, 5) is 11.9. The van der Waals surface area contributed by atoms with Crippen molar-refractivity contribution in [1.82, 2.24) is 0 Å². The van der Waals surface area contributed by atoms with Crippen LogP contribution in [-0.4, -0.2) is 12.2 Å². The smallest absolute Gasteiger partial charge is 0.382 e. The molecule has 166 valence electrons. The highest BCUT2D eigenvalue weighted by Crippen LogP contribution is 2.28. The molecule has 2 aromatic rings. The van der Waals surface area contributed by atoms with Crippen molar-refractivity contribution in [2.24, 2.45) is 0 Å². The minimum absolute atomic E-state index is 0.143. The standard InChI is InChI=1S/C27H34O4/c1-19(15-17-24-22(4)25(28)26(30-5)27(29)31-24)10-9-11-20(2)18-21(3)14-16-23-12-7-6-8-13-23/h6-8,11-15,28H,9-10,16-18H2,1-5H3/b19-15+,20-11-,21-14+. The lowest BCUT2D eigenvalue weighted by Crippen LogP contribution is -2.07. The van der Waals surface area contributed by atoms with E-state index in [1.807, 2.05) is 12.1 Å². The van der Waals surface area contributed by atoms with Gasteiger partial charge in [-0.3, -0.25) is 0 Å². The highest BCUT2D eigenvalue weighted by Gasteiger charge is 2.16. The van der Waals surface area contributed by atoms with E-state index in [1.165, 1.54) is 29.4 Å². The fourth-order valence-electron chi connectivity index (χ4n) is 3.41. The molecule has 0 atom stereocenters. The van der Waals surface area contributed by atoms with Gasteiger partial charge in [-0.15, -0.1) is 0 Å². The lowest BCUT2D eigenvalue weighted by molar-refractivity contribution is 0.330. The lowest BCUT2D eigenvalue weighted by atomic mass is 10.0. The number of hydrogen-bond donors (Lipinski definition) is 1. The Morgan fingerprint density at radius 2 is 1.65 bits per heavy atom. The van der Waals surface area contributed by atoms with Crippen LogP contribution in [0.5, 0.6) is 11.5 Å². The normalized spacial score (nSPS) is 12.9. The minimum atomic E-state index is -0.652. The molecular weight excluding hydrogens is 388 g/mol. The van der Waals surface area contributed by atoms with Crippen LogP contribution in [0.3, 0.4) is 0 Å². The molecule has 31 heavy (non-hydrogen) atoms. The molecule has 0 aliphatic rings. The number of hydrogen-bond acceptors (Lipinski definition) is 4. The summed E-state index contributed by atoms with van der Waals surface area (Å²) >= 11 is 0. The number of rotatable bonds is 10. The van der Waals surface area contributed by atoms with E-state index in [1.54, 1.807) is 6.92 Å². The molecule has 0 bridgehead atoms. The third-order valence-electron chi connectivity index (χ3n) is 5.35. The van der Waals surface area contributed by atoms with Gasteiger partial charge in [0.1, 0.15) is 5.76 Å². The van der Waals surface area contributed by atoms with Gasteiger partial charge < -0.3 is 14.3 Å². The Bertz CT molecular complexity index is 1010. The summed E-state index contributed by atoms with van der Waals surface area (Å²) in [7, 11) is 1.34. The van der Waals surface area contributed by atoms with Crippen molar-refractivity contribution < 1.29 is 14.3 Å². The van der Waals surface area contributed by atoms with Gasteiger partial charge in [0.15, 0.2) is 5.75 Å². The average Bonchev–Trinajstić information content (AvgIpc) is 2.75. The van der Waals surface area contributed by atoms with Gasteiger partial charge in [0.2, 0.25) is 5.75 Å². The molecule has 0 aliphatic heterocycles. The Hall–Kier alpha value is -3.01. The van der Waals surface area contributed by atoms with Crippen molar-refractivity contribution >= 4 is 0 Å². The van der Waals surface area contributed by atoms with Gasteiger partial charge in [0.25, 0.3) is 0 Å². The first-order valence-corrected chi connectivity index (χ1v) is 10.7. The van der Waals surface area contributed by atoms with E-state index in [2.05, 4.69) is 57.2 Å². The van der Waals surface area contributed by atoms with Crippen LogP contribution in [0.15, 0.2) is 74.5 Å². The summed E-state index contributed by atoms with van der Waals surface area (Å²) in [5.74, 6) is 0.179. The highest BCUT2D eigenvalue weighted by molar-refractivity contribution is 5.44. The summed E-state index contributed by atoms with van der Waals surface area (Å²) in [6, 6.07) is 10.5. The minimum Gasteiger partial charge on any atom is -0.504 e. The highest BCUT2D eigenvalue weighted by atomic mass is 16.5. The zero-order valence-electron chi connectivity index (χ0n) is 19.3. The SMILES string of the molecule is COc1c(O)c(C)c(C/C=C(\C)CC/C=C(/C)C/C(C)=C/Cc2ccccc2)oc1=O. The van der Waals surface area contributed by atoms with Gasteiger partial charge in [0, 0.05) is 12.0 Å². The average molecular weight is 423 g/mol. The third-order valence-corrected chi connectivity index (χ3v) is 5.35. The van der Waals surface area contributed by atoms with Gasteiger partial charge >= 0.3 is 5.63 Å². The number of ether oxygens (including phenoxy) is 1. The first kappa shape index (κ1) is 24.3. The largest absolute Gasteiger partial charge is 0.504 e. The van der Waals surface area contributed by atoms with Gasteiger partial charge in [-0.1, -0.05) is 65.3 Å². The summed E-state index contributed by atoms with van der Waals surface area (Å²) in [6.07, 6.45) is 11.0. The molecule has 2 rings (SSSR count). The van der Waals surface area contributed by atoms with Crippen LogP contribution in [0, 0.1) is 6.92 Å². The molecule has 0 saturated heterocycles. The summed E-state index contributed by atoms with van der Waals surface area (Å²) in [6.45, 7) is 8.16. The van der Waals surface area contributed by atoms with Crippen molar-refractivity contribution in [3.8, 4) is 11.5 Å². The van der Waals surface area contributed by atoms with Crippen molar-refractivity contribution in [3.05, 3.63) is 92.6 Å². The molecule has 1 N–H and O–H groups in total. The predicted molar refractivity (Wildman–Crippen MR) is 127 cm³/mol. The Labute approximate surface area is 185 Å². The maximum absolute atomic E-state index is 11.9. The zero-order chi connectivity index (χ0) is 22.8. The summed E-state index contributed by atoms with van der Waals surface area (Å²) < 4.78 is 10.2. The van der Waals surface area contributed by atoms with Gasteiger partial charge in [0.05, 0.1) is 7.11 Å². The molecule has 4 heteroatoms. The molecule has 0 unspecified atom stereocenters. The molecule has 0 radical (unpaired) electrons. The Morgan fingerprint density at radius 3 is 2.32 bits per heavy atom. The maximum Gasteiger partial charge on any atom is 0.382 e. The monoisotopic (exact) mass is 422 g/mol. The first-order chi connectivity index (χ1) is 14.8. The fraction of sp³-hybridized carbons (Fsp3) is 0.370. The van der Waals surface area contributed by atoms with Crippen LogP contribution < -0.4 is 10.4 Å². The van der Waals surface area contributed by atoms with Crippen LogP contribution in [0.1, 0.15) is 56.9 Å². The predicted octanol–water partition coefficient (Wildman–Crippen LogP) is 6.46. The van der Waals surface area contributed by atoms with Gasteiger partial charge in [-0.2, -0.15) is 0 Å². The third kappa shape index (κ3) is 7.63. The van der Waals surface area contributed by atoms with Gasteiger partial charge in [-0.05, 0) is 58.9 Å². The van der Waals surface area contributed by atoms with Crippen molar-refractivity contribution in [1.29, 1.82) is 0 Å². The Kier molecular flexibility index (Phi) is 9.39. The van der Waals surface area contributed by atoms with Crippen LogP contribution >= 0.6 is 0 Å². The Balaban J connectivity index is 1.86. The van der Waals surface area contributed by atoms with Crippen LogP contribution in [0.4, 0.5) is 0 Å². The van der Waals surface area contributed by atoms with Crippen molar-refractivity contribution in [2.45, 2.75) is 59.8 Å². The van der Waals surface area contributed by atoms with Crippen molar-refractivity contribution in [2.75, 3.05) is 7.11 Å². The number of allylic oxidation sites excluding steroid dienone is 6. The Morgan fingerprint density at radius 1 is 1.00 bits per heavy atom. The van der Waals surface area contributed by atoms with Crippen LogP contribution in [0.25, 0.3) is 0 Å². The summed E-state index contributed by atoms with van der Waals surface area (Å²) in [5.41, 5.74) is 5.19. The molecule has 0 amide bonds. The maximum atomic E-state index is 11.9.